The van der Waals surface area contributed by atoms with Crippen LogP contribution < -0.4 is 30.3 Å². The summed E-state index contributed by atoms with van der Waals surface area (Å²) in [6.45, 7) is 12.3. The number of ether oxygens (including phenoxy) is 2. The molecule has 2 aliphatic heterocycles. The number of aromatic amines is 2. The van der Waals surface area contributed by atoms with E-state index in [0.717, 1.165) is 88.5 Å². The number of nitrogen functional groups attached to an aromatic ring is 1. The predicted octanol–water partition coefficient (Wildman–Crippen LogP) is 8.51. The summed E-state index contributed by atoms with van der Waals surface area (Å²) in [7, 11) is -7.19. The van der Waals surface area contributed by atoms with Gasteiger partial charge in [0.05, 0.1) is 48.7 Å². The summed E-state index contributed by atoms with van der Waals surface area (Å²) in [6.07, 6.45) is 5.33. The summed E-state index contributed by atoms with van der Waals surface area (Å²) in [4.78, 5) is 49.6. The standard InChI is InChI=1S/C26H26N6O4S.C23H24N6O3S.C3H3ClO.CH4.ClH/c1-2-24(33)29-20-7-3-18(4-8-20)16-37(34,35)31-21-9-5-19(6-10-21)23-15-22-25(30-23)27-17-28-26(22)32-11-13-36-14-12-32;24-18-5-1-16(2-6-18)14-33(30,31)28-19-7-3-17(4-8-19)21-13-20-22(27-21)25-15-26-23(20)29-9-11-32-12-10-29;1-2-3(4)5;;/h2-10,15,17,31H,1,11-14,16H2,(H,29,33)(H,27,28,30);1-8,13,15,28H,9-12,14,24H2,(H,25,26,27);2H,1H2;1H4;1H. The molecule has 2 fully saturated rings. The van der Waals surface area contributed by atoms with Gasteiger partial charge in [0.15, 0.2) is 0 Å². The van der Waals surface area contributed by atoms with Crippen molar-refractivity contribution in [3.05, 3.63) is 158 Å². The summed E-state index contributed by atoms with van der Waals surface area (Å²) < 4.78 is 66.6. The van der Waals surface area contributed by atoms with E-state index in [2.05, 4.69) is 67.6 Å². The number of sulfonamides is 2. The number of carbonyl (C=O) groups is 2. The number of hydrogen-bond acceptors (Lipinski definition) is 15. The zero-order chi connectivity index (χ0) is 53.0. The molecule has 10 rings (SSSR count). The number of nitrogens with zero attached hydrogens (tertiary/aromatic N) is 6. The van der Waals surface area contributed by atoms with E-state index in [0.29, 0.717) is 60.3 Å². The van der Waals surface area contributed by atoms with E-state index < -0.39 is 25.3 Å². The van der Waals surface area contributed by atoms with E-state index in [1.807, 2.05) is 36.4 Å². The van der Waals surface area contributed by atoms with Gasteiger partial charge in [-0.3, -0.25) is 19.0 Å². The number of hydrogen-bond donors (Lipinski definition) is 6. The molecule has 4 aromatic carbocycles. The number of aromatic nitrogens is 6. The van der Waals surface area contributed by atoms with Gasteiger partial charge in [0, 0.05) is 60.3 Å². The summed E-state index contributed by atoms with van der Waals surface area (Å²) in [5, 5.41) is 4.00. The molecule has 24 heteroatoms. The van der Waals surface area contributed by atoms with Crippen molar-refractivity contribution in [3.8, 4) is 22.5 Å². The third-order valence-electron chi connectivity index (χ3n) is 11.6. The SMILES string of the molecule is C.C=CC(=O)Cl.C=CC(=O)Nc1ccc(CS(=O)(=O)Nc2ccc(-c3cc4c(N5CCOCC5)ncnc4[nH]3)cc2)cc1.Cl.Nc1ccc(CS(=O)(=O)Nc2ccc(-c3cc4c(N5CCOCC5)ncnc4[nH]3)cc2)cc1. The second kappa shape index (κ2) is 26.8. The van der Waals surface area contributed by atoms with Crippen LogP contribution in [-0.2, 0) is 50.6 Å². The van der Waals surface area contributed by atoms with Crippen LogP contribution in [0.5, 0.6) is 0 Å². The Bertz CT molecular complexity index is 3520. The van der Waals surface area contributed by atoms with Gasteiger partial charge < -0.3 is 40.3 Å². The molecule has 0 saturated carbocycles. The molecule has 2 aliphatic rings. The lowest BCUT2D eigenvalue weighted by molar-refractivity contribution is -0.112. The van der Waals surface area contributed by atoms with Crippen LogP contribution in [0.2, 0.25) is 0 Å². The van der Waals surface area contributed by atoms with Crippen LogP contribution in [0.4, 0.5) is 34.4 Å². The van der Waals surface area contributed by atoms with Gasteiger partial charge in [0.25, 0.3) is 0 Å². The Morgan fingerprint density at radius 2 is 0.987 bits per heavy atom. The molecule has 7 N–H and O–H groups in total. The van der Waals surface area contributed by atoms with Gasteiger partial charge in [-0.25, -0.2) is 36.8 Å². The van der Waals surface area contributed by atoms with Gasteiger partial charge in [-0.2, -0.15) is 0 Å². The minimum absolute atomic E-state index is 0. The third kappa shape index (κ3) is 16.1. The van der Waals surface area contributed by atoms with Crippen LogP contribution in [0, 0.1) is 0 Å². The molecule has 0 unspecified atom stereocenters. The van der Waals surface area contributed by atoms with Gasteiger partial charge >= 0.3 is 0 Å². The van der Waals surface area contributed by atoms with Crippen molar-refractivity contribution >= 4 is 112 Å². The first-order chi connectivity index (χ1) is 36.1. The predicted molar refractivity (Wildman–Crippen MR) is 308 cm³/mol. The lowest BCUT2D eigenvalue weighted by Crippen LogP contribution is -2.36. The zero-order valence-electron chi connectivity index (χ0n) is 40.8. The Labute approximate surface area is 457 Å². The first-order valence-corrected chi connectivity index (χ1v) is 27.1. The average molecular weight is 1130 g/mol. The third-order valence-corrected chi connectivity index (χ3v) is 14.3. The first kappa shape index (κ1) is 58.4. The highest BCUT2D eigenvalue weighted by atomic mass is 35.5. The second-order valence-electron chi connectivity index (χ2n) is 17.0. The monoisotopic (exact) mass is 1120 g/mol. The minimum atomic E-state index is -3.64. The number of allylic oxidation sites excluding steroid dienone is 1. The number of fused-ring (bicyclic) bond motifs is 2. The van der Waals surface area contributed by atoms with Gasteiger partial charge in [-0.15, -0.1) is 12.4 Å². The zero-order valence-corrected chi connectivity index (χ0v) is 44.0. The number of nitrogens with two attached hydrogens (primary N) is 1. The Balaban J connectivity index is 0.000000225. The topological polar surface area (TPSA) is 273 Å². The van der Waals surface area contributed by atoms with E-state index in [9.17, 15) is 26.4 Å². The maximum atomic E-state index is 12.7. The molecule has 0 spiro atoms. The molecule has 6 heterocycles. The molecule has 77 heavy (non-hydrogen) atoms. The van der Waals surface area contributed by atoms with E-state index in [4.69, 9.17) is 26.8 Å². The smallest absolute Gasteiger partial charge is 0.247 e. The van der Waals surface area contributed by atoms with Crippen molar-refractivity contribution in [2.75, 3.05) is 82.9 Å². The summed E-state index contributed by atoms with van der Waals surface area (Å²) >= 11 is 4.71. The van der Waals surface area contributed by atoms with Crippen molar-refractivity contribution in [1.29, 1.82) is 0 Å². The van der Waals surface area contributed by atoms with Gasteiger partial charge in [0.2, 0.25) is 31.2 Å². The number of rotatable bonds is 15. The Kier molecular flexibility index (Phi) is 20.3. The van der Waals surface area contributed by atoms with E-state index in [-0.39, 0.29) is 37.2 Å². The molecule has 2 saturated heterocycles. The van der Waals surface area contributed by atoms with Crippen LogP contribution in [-0.4, -0.2) is 110 Å². The summed E-state index contributed by atoms with van der Waals surface area (Å²) in [5.74, 6) is 1.10. The van der Waals surface area contributed by atoms with Crippen LogP contribution >= 0.6 is 24.0 Å². The number of halogens is 2. The molecule has 0 bridgehead atoms. The van der Waals surface area contributed by atoms with Crippen LogP contribution in [0.3, 0.4) is 0 Å². The Morgan fingerprint density at radius 3 is 1.36 bits per heavy atom. The van der Waals surface area contributed by atoms with E-state index in [1.54, 1.807) is 85.5 Å². The van der Waals surface area contributed by atoms with E-state index in [1.165, 1.54) is 6.08 Å². The number of anilines is 6. The van der Waals surface area contributed by atoms with Crippen molar-refractivity contribution in [2.24, 2.45) is 0 Å². The molecular formula is C53H58Cl2N12O8S2. The van der Waals surface area contributed by atoms with Crippen molar-refractivity contribution in [3.63, 3.8) is 0 Å². The maximum absolute atomic E-state index is 12.7. The molecule has 0 aliphatic carbocycles. The fourth-order valence-electron chi connectivity index (χ4n) is 8.02. The van der Waals surface area contributed by atoms with Crippen LogP contribution in [0.1, 0.15) is 18.6 Å². The molecule has 1 amide bonds. The number of morpholine rings is 2. The summed E-state index contributed by atoms with van der Waals surface area (Å²) in [5.41, 5.74) is 14.1. The highest BCUT2D eigenvalue weighted by molar-refractivity contribution is 7.92. The largest absolute Gasteiger partial charge is 0.399 e. The first-order valence-electron chi connectivity index (χ1n) is 23.4. The molecular weight excluding hydrogens is 1070 g/mol. The molecule has 20 nitrogen and oxygen atoms in total. The second-order valence-corrected chi connectivity index (χ2v) is 20.8. The fourth-order valence-corrected chi connectivity index (χ4v) is 10.4. The lowest BCUT2D eigenvalue weighted by Gasteiger charge is -2.27. The molecule has 0 radical (unpaired) electrons. The van der Waals surface area contributed by atoms with E-state index >= 15 is 0 Å². The average Bonchev–Trinajstić information content (AvgIpc) is 4.07. The number of amides is 1. The Morgan fingerprint density at radius 1 is 0.610 bits per heavy atom. The van der Waals surface area contributed by atoms with Gasteiger partial charge in [-0.05, 0) is 107 Å². The molecule has 0 atom stereocenters. The van der Waals surface area contributed by atoms with Crippen molar-refractivity contribution < 1.29 is 35.9 Å². The fraction of sp³-hybridized carbons (Fsp3) is 0.208. The number of H-pyrrole nitrogens is 2. The van der Waals surface area contributed by atoms with Crippen molar-refractivity contribution in [2.45, 2.75) is 18.9 Å². The quantitative estimate of drug-likeness (QED) is 0.0319. The molecule has 4 aromatic heterocycles. The van der Waals surface area contributed by atoms with Crippen LogP contribution in [0.25, 0.3) is 44.6 Å². The number of nitrogens with one attached hydrogen (secondary N) is 5. The highest BCUT2D eigenvalue weighted by Crippen LogP contribution is 2.32. The van der Waals surface area contributed by atoms with Crippen molar-refractivity contribution in [1.82, 2.24) is 29.9 Å². The number of carbonyl (C=O) groups excluding carboxylic acids is 2. The maximum Gasteiger partial charge on any atom is 0.247 e. The Hall–Kier alpha value is -7.86. The number of benzene rings is 4. The highest BCUT2D eigenvalue weighted by Gasteiger charge is 2.20. The van der Waals surface area contributed by atoms with Crippen LogP contribution in [0.15, 0.2) is 147 Å². The molecule has 404 valence electrons. The lowest BCUT2D eigenvalue weighted by atomic mass is 10.1. The van der Waals surface area contributed by atoms with Gasteiger partial charge in [0.1, 0.15) is 35.6 Å². The normalized spacial score (nSPS) is 13.3. The minimum Gasteiger partial charge on any atom is -0.399 e. The van der Waals surface area contributed by atoms with Gasteiger partial charge in [-0.1, -0.05) is 69.1 Å². The molecule has 8 aromatic rings. The summed E-state index contributed by atoms with van der Waals surface area (Å²) in [6, 6.07) is 31.8.